The van der Waals surface area contributed by atoms with Crippen molar-refractivity contribution >= 4 is 23.3 Å². The molecular formula is C35H46N6O3. The van der Waals surface area contributed by atoms with Crippen LogP contribution in [-0.4, -0.2) is 54.5 Å². The highest BCUT2D eigenvalue weighted by molar-refractivity contribution is 6.03. The van der Waals surface area contributed by atoms with Crippen LogP contribution in [0.3, 0.4) is 0 Å². The van der Waals surface area contributed by atoms with E-state index in [-0.39, 0.29) is 29.8 Å². The summed E-state index contributed by atoms with van der Waals surface area (Å²) in [5.74, 6) is 0.820. The number of pyridine rings is 2. The smallest absolute Gasteiger partial charge is 0.253 e. The molecule has 0 atom stereocenters. The lowest BCUT2D eigenvalue weighted by Gasteiger charge is -2.32. The third-order valence-corrected chi connectivity index (χ3v) is 9.04. The lowest BCUT2D eigenvalue weighted by Crippen LogP contribution is -2.41. The summed E-state index contributed by atoms with van der Waals surface area (Å²) in [7, 11) is 2.02. The molecule has 3 aromatic rings. The summed E-state index contributed by atoms with van der Waals surface area (Å²) >= 11 is 0. The molecule has 1 saturated carbocycles. The predicted octanol–water partition coefficient (Wildman–Crippen LogP) is 4.89. The molecule has 0 spiro atoms. The summed E-state index contributed by atoms with van der Waals surface area (Å²) in [5, 5.41) is 6.38. The van der Waals surface area contributed by atoms with Gasteiger partial charge in [-0.05, 0) is 107 Å². The van der Waals surface area contributed by atoms with Gasteiger partial charge in [0.15, 0.2) is 0 Å². The van der Waals surface area contributed by atoms with Crippen molar-refractivity contribution < 1.29 is 9.59 Å². The second kappa shape index (κ2) is 13.8. The molecule has 0 unspecified atom stereocenters. The molecule has 3 heterocycles. The Morgan fingerprint density at radius 2 is 1.80 bits per heavy atom. The maximum atomic E-state index is 13.8. The van der Waals surface area contributed by atoms with Gasteiger partial charge in [-0.2, -0.15) is 0 Å². The first-order valence-electron chi connectivity index (χ1n) is 16.1. The second-order valence-electron chi connectivity index (χ2n) is 12.2. The van der Waals surface area contributed by atoms with Gasteiger partial charge >= 0.3 is 0 Å². The zero-order valence-electron chi connectivity index (χ0n) is 26.8. The molecule has 2 aromatic heterocycles. The number of H-pyrrole nitrogens is 1. The number of amides is 2. The summed E-state index contributed by atoms with van der Waals surface area (Å²) in [6.45, 7) is 10.4. The number of carbonyl (C=O) groups excluding carboxylic acids is 2. The van der Waals surface area contributed by atoms with E-state index in [0.29, 0.717) is 23.7 Å². The van der Waals surface area contributed by atoms with E-state index < -0.39 is 0 Å². The topological polar surface area (TPSA) is 110 Å². The van der Waals surface area contributed by atoms with E-state index in [1.165, 1.54) is 0 Å². The third kappa shape index (κ3) is 6.88. The average Bonchev–Trinajstić information content (AvgIpc) is 3.88. The minimum absolute atomic E-state index is 0.0496. The van der Waals surface area contributed by atoms with Crippen molar-refractivity contribution in [2.24, 2.45) is 5.92 Å². The summed E-state index contributed by atoms with van der Waals surface area (Å²) in [4.78, 5) is 51.7. The van der Waals surface area contributed by atoms with Crippen LogP contribution in [0.4, 0.5) is 11.5 Å². The Morgan fingerprint density at radius 1 is 1.05 bits per heavy atom. The van der Waals surface area contributed by atoms with Gasteiger partial charge in [0.1, 0.15) is 5.82 Å². The van der Waals surface area contributed by atoms with Crippen LogP contribution in [0, 0.1) is 19.8 Å². The second-order valence-corrected chi connectivity index (χ2v) is 12.2. The molecule has 3 N–H and O–H groups in total. The van der Waals surface area contributed by atoms with Crippen LogP contribution in [0.25, 0.3) is 11.1 Å². The van der Waals surface area contributed by atoms with Gasteiger partial charge in [0.05, 0.1) is 0 Å². The molecule has 0 bridgehead atoms. The van der Waals surface area contributed by atoms with Crippen molar-refractivity contribution in [3.63, 3.8) is 0 Å². The summed E-state index contributed by atoms with van der Waals surface area (Å²) in [5.41, 5.74) is 5.84. The van der Waals surface area contributed by atoms with Crippen LogP contribution in [0.5, 0.6) is 0 Å². The van der Waals surface area contributed by atoms with Crippen molar-refractivity contribution in [2.75, 3.05) is 36.5 Å². The largest absolute Gasteiger partial charge is 0.357 e. The molecular weight excluding hydrogens is 552 g/mol. The van der Waals surface area contributed by atoms with Crippen molar-refractivity contribution in [3.05, 3.63) is 74.8 Å². The van der Waals surface area contributed by atoms with E-state index in [4.69, 9.17) is 4.98 Å². The summed E-state index contributed by atoms with van der Waals surface area (Å²) in [6, 6.07) is 10.5. The minimum atomic E-state index is -0.278. The van der Waals surface area contributed by atoms with Gasteiger partial charge < -0.3 is 25.4 Å². The van der Waals surface area contributed by atoms with Crippen molar-refractivity contribution in [1.82, 2.24) is 20.6 Å². The number of anilines is 2. The fourth-order valence-electron chi connectivity index (χ4n) is 6.25. The predicted molar refractivity (Wildman–Crippen MR) is 176 cm³/mol. The van der Waals surface area contributed by atoms with Crippen molar-refractivity contribution in [2.45, 2.75) is 78.8 Å². The zero-order valence-corrected chi connectivity index (χ0v) is 26.8. The third-order valence-electron chi connectivity index (χ3n) is 9.04. The Morgan fingerprint density at radius 3 is 2.41 bits per heavy atom. The van der Waals surface area contributed by atoms with Gasteiger partial charge in [-0.25, -0.2) is 4.98 Å². The molecule has 9 nitrogen and oxygen atoms in total. The highest BCUT2D eigenvalue weighted by Crippen LogP contribution is 2.36. The van der Waals surface area contributed by atoms with E-state index in [9.17, 15) is 14.4 Å². The molecule has 9 heteroatoms. The van der Waals surface area contributed by atoms with Gasteiger partial charge in [-0.15, -0.1) is 0 Å². The monoisotopic (exact) mass is 598 g/mol. The Hall–Kier alpha value is -3.98. The molecule has 0 radical (unpaired) electrons. The Labute approximate surface area is 260 Å². The SMILES string of the molecule is CCCc1cc(C)[nH]c(=O)c1CNC(=O)c1cc(-c2ccc(N3CCC(NC)CC3)nc2)cc(N(CC)C(=O)C2CC2)c1C. The van der Waals surface area contributed by atoms with Crippen LogP contribution in [-0.2, 0) is 17.8 Å². The van der Waals surface area contributed by atoms with Crippen LogP contribution in [0.1, 0.15) is 78.7 Å². The fraction of sp³-hybridized carbons (Fsp3) is 0.486. The summed E-state index contributed by atoms with van der Waals surface area (Å²) in [6.07, 6.45) is 7.49. The number of nitrogens with zero attached hydrogens (tertiary/aromatic N) is 3. The number of hydrogen-bond acceptors (Lipinski definition) is 6. The molecule has 5 rings (SSSR count). The maximum Gasteiger partial charge on any atom is 0.253 e. The van der Waals surface area contributed by atoms with Crippen LogP contribution >= 0.6 is 0 Å². The average molecular weight is 599 g/mol. The van der Waals surface area contributed by atoms with E-state index >= 15 is 0 Å². The first-order chi connectivity index (χ1) is 21.2. The molecule has 1 aromatic carbocycles. The van der Waals surface area contributed by atoms with E-state index in [1.807, 2.05) is 69.2 Å². The molecule has 1 aliphatic heterocycles. The molecule has 1 saturated heterocycles. The van der Waals surface area contributed by atoms with Crippen molar-refractivity contribution in [3.8, 4) is 11.1 Å². The Kier molecular flexibility index (Phi) is 9.84. The molecule has 2 aliphatic rings. The molecule has 44 heavy (non-hydrogen) atoms. The standard InChI is InChI=1S/C35H46N6O3/c1-6-8-25-17-22(3)39-34(43)30(25)21-38-33(42)29-18-27(19-31(23(29)4)41(7-2)35(44)24-9-10-24)26-11-12-32(37-20-26)40-15-13-28(36-5)14-16-40/h11-12,17-20,24,28,36H,6-10,13-16,21H2,1-5H3,(H,38,42)(H,39,43). The number of benzene rings is 1. The van der Waals surface area contributed by atoms with Crippen LogP contribution in [0.15, 0.2) is 41.3 Å². The van der Waals surface area contributed by atoms with Gasteiger partial charge in [0.25, 0.3) is 11.5 Å². The number of aromatic amines is 1. The van der Waals surface area contributed by atoms with E-state index in [0.717, 1.165) is 91.1 Å². The number of carbonyl (C=O) groups is 2. The van der Waals surface area contributed by atoms with Crippen LogP contribution in [0.2, 0.25) is 0 Å². The van der Waals surface area contributed by atoms with E-state index in [2.05, 4.69) is 27.4 Å². The lowest BCUT2D eigenvalue weighted by atomic mass is 9.97. The van der Waals surface area contributed by atoms with Crippen LogP contribution < -0.4 is 26.0 Å². The number of piperidine rings is 1. The van der Waals surface area contributed by atoms with E-state index in [1.54, 1.807) is 0 Å². The van der Waals surface area contributed by atoms with Gasteiger partial charge in [0, 0.05) is 72.4 Å². The molecule has 1 aliphatic carbocycles. The number of rotatable bonds is 11. The minimum Gasteiger partial charge on any atom is -0.357 e. The highest BCUT2D eigenvalue weighted by Gasteiger charge is 2.34. The Balaban J connectivity index is 1.47. The van der Waals surface area contributed by atoms with Crippen molar-refractivity contribution in [1.29, 1.82) is 0 Å². The van der Waals surface area contributed by atoms with Gasteiger partial charge in [-0.3, -0.25) is 14.4 Å². The quantitative estimate of drug-likeness (QED) is 0.290. The highest BCUT2D eigenvalue weighted by atomic mass is 16.2. The maximum absolute atomic E-state index is 13.8. The number of hydrogen-bond donors (Lipinski definition) is 3. The normalized spacial score (nSPS) is 15.3. The Bertz CT molecular complexity index is 1550. The molecule has 234 valence electrons. The lowest BCUT2D eigenvalue weighted by molar-refractivity contribution is -0.119. The van der Waals surface area contributed by atoms with Gasteiger partial charge in [-0.1, -0.05) is 13.3 Å². The summed E-state index contributed by atoms with van der Waals surface area (Å²) < 4.78 is 0. The fourth-order valence-corrected chi connectivity index (χ4v) is 6.25. The zero-order chi connectivity index (χ0) is 31.4. The molecule has 2 fully saturated rings. The number of nitrogens with one attached hydrogen (secondary N) is 3. The number of aromatic nitrogens is 2. The van der Waals surface area contributed by atoms with Gasteiger partial charge in [0.2, 0.25) is 5.91 Å². The number of aryl methyl sites for hydroxylation is 2. The first kappa shape index (κ1) is 31.4. The first-order valence-corrected chi connectivity index (χ1v) is 16.1. The molecule has 2 amide bonds.